The van der Waals surface area contributed by atoms with Gasteiger partial charge in [0.15, 0.2) is 5.65 Å². The number of benzene rings is 1. The lowest BCUT2D eigenvalue weighted by Gasteiger charge is -2.00. The van der Waals surface area contributed by atoms with E-state index in [1.54, 1.807) is 13.2 Å². The van der Waals surface area contributed by atoms with E-state index in [1.165, 1.54) is 0 Å². The Morgan fingerprint density at radius 2 is 1.83 bits per heavy atom. The minimum Gasteiger partial charge on any atom is -0.497 e. The average Bonchev–Trinajstić information content (AvgIpc) is 2.81. The predicted octanol–water partition coefficient (Wildman–Crippen LogP) is 3.29. The molecule has 0 fully saturated rings. The number of pyridine rings is 1. The number of hydrogen-bond donors (Lipinski definition) is 1. The maximum atomic E-state index is 5.83. The normalized spacial score (nSPS) is 10.8. The van der Waals surface area contributed by atoms with Gasteiger partial charge in [0.05, 0.1) is 12.6 Å². The third kappa shape index (κ3) is 1.91. The molecule has 0 spiro atoms. The van der Waals surface area contributed by atoms with Gasteiger partial charge in [-0.15, -0.1) is 0 Å². The molecule has 0 unspecified atom stereocenters. The van der Waals surface area contributed by atoms with Crippen molar-refractivity contribution in [2.24, 2.45) is 0 Å². The fourth-order valence-electron chi connectivity index (χ4n) is 1.76. The second kappa shape index (κ2) is 4.31. The van der Waals surface area contributed by atoms with E-state index in [1.807, 2.05) is 30.3 Å². The number of halogens is 1. The summed E-state index contributed by atoms with van der Waals surface area (Å²) >= 11 is 5.83. The molecule has 0 bridgehead atoms. The highest BCUT2D eigenvalue weighted by Gasteiger charge is 2.06. The summed E-state index contributed by atoms with van der Waals surface area (Å²) < 4.78 is 5.12. The summed E-state index contributed by atoms with van der Waals surface area (Å²) in [4.78, 5) is 11.8. The Kier molecular flexibility index (Phi) is 2.64. The molecule has 0 radical (unpaired) electrons. The van der Waals surface area contributed by atoms with Crippen LogP contribution in [0.25, 0.3) is 22.6 Å². The molecule has 0 aliphatic heterocycles. The van der Waals surface area contributed by atoms with E-state index >= 15 is 0 Å². The number of aromatic amines is 1. The van der Waals surface area contributed by atoms with Crippen LogP contribution in [0.5, 0.6) is 5.75 Å². The first-order valence-electron chi connectivity index (χ1n) is 5.43. The van der Waals surface area contributed by atoms with Gasteiger partial charge in [0.1, 0.15) is 16.7 Å². The summed E-state index contributed by atoms with van der Waals surface area (Å²) in [6, 6.07) is 11.3. The van der Waals surface area contributed by atoms with Crippen LogP contribution in [0.15, 0.2) is 36.4 Å². The number of aromatic nitrogens is 3. The lowest BCUT2D eigenvalue weighted by molar-refractivity contribution is 0.415. The van der Waals surface area contributed by atoms with Crippen LogP contribution in [-0.2, 0) is 0 Å². The molecule has 1 N–H and O–H groups in total. The third-order valence-electron chi connectivity index (χ3n) is 2.68. The van der Waals surface area contributed by atoms with E-state index in [4.69, 9.17) is 16.3 Å². The zero-order valence-corrected chi connectivity index (χ0v) is 10.4. The Balaban J connectivity index is 2.07. The van der Waals surface area contributed by atoms with Crippen molar-refractivity contribution in [1.29, 1.82) is 0 Å². The minimum absolute atomic E-state index is 0.440. The van der Waals surface area contributed by atoms with Gasteiger partial charge >= 0.3 is 0 Å². The van der Waals surface area contributed by atoms with E-state index in [0.29, 0.717) is 10.8 Å². The van der Waals surface area contributed by atoms with Crippen LogP contribution < -0.4 is 4.74 Å². The molecule has 2 heterocycles. The number of fused-ring (bicyclic) bond motifs is 1. The highest BCUT2D eigenvalue weighted by Crippen LogP contribution is 2.22. The smallest absolute Gasteiger partial charge is 0.179 e. The molecular formula is C13H10ClN3O. The molecular weight excluding hydrogens is 250 g/mol. The number of H-pyrrole nitrogens is 1. The molecule has 0 amide bonds. The molecule has 0 aliphatic rings. The molecule has 2 aromatic heterocycles. The monoisotopic (exact) mass is 259 g/mol. The van der Waals surface area contributed by atoms with Crippen LogP contribution >= 0.6 is 11.6 Å². The molecule has 0 atom stereocenters. The third-order valence-corrected chi connectivity index (χ3v) is 2.89. The van der Waals surface area contributed by atoms with Gasteiger partial charge in [0.2, 0.25) is 0 Å². The Labute approximate surface area is 109 Å². The van der Waals surface area contributed by atoms with Crippen molar-refractivity contribution in [3.8, 4) is 17.1 Å². The number of imidazole rings is 1. The second-order valence-electron chi connectivity index (χ2n) is 3.82. The van der Waals surface area contributed by atoms with Crippen molar-refractivity contribution in [2.75, 3.05) is 7.11 Å². The van der Waals surface area contributed by atoms with Crippen LogP contribution in [0, 0.1) is 0 Å². The molecule has 0 aliphatic carbocycles. The molecule has 3 aromatic rings. The van der Waals surface area contributed by atoms with Gasteiger partial charge in [0, 0.05) is 5.56 Å². The lowest BCUT2D eigenvalue weighted by atomic mass is 10.2. The Morgan fingerprint density at radius 3 is 2.56 bits per heavy atom. The van der Waals surface area contributed by atoms with E-state index < -0.39 is 0 Å². The number of rotatable bonds is 2. The average molecular weight is 260 g/mol. The maximum Gasteiger partial charge on any atom is 0.179 e. The highest BCUT2D eigenvalue weighted by molar-refractivity contribution is 6.29. The summed E-state index contributed by atoms with van der Waals surface area (Å²) in [6.07, 6.45) is 0. The fraction of sp³-hybridized carbons (Fsp3) is 0.0769. The van der Waals surface area contributed by atoms with Gasteiger partial charge in [-0.2, -0.15) is 0 Å². The van der Waals surface area contributed by atoms with E-state index in [0.717, 1.165) is 22.7 Å². The maximum absolute atomic E-state index is 5.83. The lowest BCUT2D eigenvalue weighted by Crippen LogP contribution is -1.83. The van der Waals surface area contributed by atoms with Gasteiger partial charge in [0.25, 0.3) is 0 Å². The number of nitrogens with zero attached hydrogens (tertiary/aromatic N) is 2. The van der Waals surface area contributed by atoms with Gasteiger partial charge in [-0.3, -0.25) is 0 Å². The van der Waals surface area contributed by atoms with Gasteiger partial charge in [-0.1, -0.05) is 11.6 Å². The van der Waals surface area contributed by atoms with Crippen molar-refractivity contribution < 1.29 is 4.74 Å². The van der Waals surface area contributed by atoms with E-state index in [9.17, 15) is 0 Å². The SMILES string of the molecule is COc1ccc(-c2nc3nc(Cl)ccc3[nH]2)cc1. The summed E-state index contributed by atoms with van der Waals surface area (Å²) in [5, 5.41) is 0.440. The summed E-state index contributed by atoms with van der Waals surface area (Å²) in [5.74, 6) is 1.58. The first-order valence-corrected chi connectivity index (χ1v) is 5.81. The van der Waals surface area contributed by atoms with Gasteiger partial charge < -0.3 is 9.72 Å². The standard InChI is InChI=1S/C13H10ClN3O/c1-18-9-4-2-8(3-5-9)12-15-10-6-7-11(14)16-13(10)17-12/h2-7H,1H3,(H,15,16,17). The van der Waals surface area contributed by atoms with Crippen LogP contribution in [0.3, 0.4) is 0 Å². The van der Waals surface area contributed by atoms with Gasteiger partial charge in [-0.25, -0.2) is 9.97 Å². The first kappa shape index (κ1) is 11.0. The molecule has 90 valence electrons. The Morgan fingerprint density at radius 1 is 1.06 bits per heavy atom. The predicted molar refractivity (Wildman–Crippen MR) is 70.9 cm³/mol. The molecule has 1 aromatic carbocycles. The Hall–Kier alpha value is -2.07. The van der Waals surface area contributed by atoms with E-state index in [2.05, 4.69) is 15.0 Å². The topological polar surface area (TPSA) is 50.8 Å². The van der Waals surface area contributed by atoms with Gasteiger partial charge in [-0.05, 0) is 36.4 Å². The van der Waals surface area contributed by atoms with Crippen molar-refractivity contribution in [3.05, 3.63) is 41.6 Å². The summed E-state index contributed by atoms with van der Waals surface area (Å²) in [7, 11) is 1.64. The zero-order chi connectivity index (χ0) is 12.5. The summed E-state index contributed by atoms with van der Waals surface area (Å²) in [6.45, 7) is 0. The van der Waals surface area contributed by atoms with Crippen LogP contribution in [0.1, 0.15) is 0 Å². The van der Waals surface area contributed by atoms with Crippen molar-refractivity contribution in [3.63, 3.8) is 0 Å². The zero-order valence-electron chi connectivity index (χ0n) is 9.64. The molecule has 0 saturated heterocycles. The van der Waals surface area contributed by atoms with E-state index in [-0.39, 0.29) is 0 Å². The van der Waals surface area contributed by atoms with Crippen molar-refractivity contribution >= 4 is 22.8 Å². The number of nitrogens with one attached hydrogen (secondary N) is 1. The quantitative estimate of drug-likeness (QED) is 0.719. The highest BCUT2D eigenvalue weighted by atomic mass is 35.5. The van der Waals surface area contributed by atoms with Crippen molar-refractivity contribution in [1.82, 2.24) is 15.0 Å². The minimum atomic E-state index is 0.440. The molecule has 0 saturated carbocycles. The molecule has 18 heavy (non-hydrogen) atoms. The second-order valence-corrected chi connectivity index (χ2v) is 4.21. The molecule has 4 nitrogen and oxygen atoms in total. The largest absolute Gasteiger partial charge is 0.497 e. The van der Waals surface area contributed by atoms with Crippen LogP contribution in [0.4, 0.5) is 0 Å². The van der Waals surface area contributed by atoms with Crippen molar-refractivity contribution in [2.45, 2.75) is 0 Å². The number of ether oxygens (including phenoxy) is 1. The summed E-state index contributed by atoms with van der Waals surface area (Å²) in [5.41, 5.74) is 2.46. The van der Waals surface area contributed by atoms with Crippen LogP contribution in [0.2, 0.25) is 5.15 Å². The number of methoxy groups -OCH3 is 1. The molecule has 5 heteroatoms. The first-order chi connectivity index (χ1) is 8.76. The Bertz CT molecular complexity index is 691. The van der Waals surface area contributed by atoms with Crippen LogP contribution in [-0.4, -0.2) is 22.1 Å². The fourth-order valence-corrected chi connectivity index (χ4v) is 1.90. The molecule has 3 rings (SSSR count). The number of hydrogen-bond acceptors (Lipinski definition) is 3.